The highest BCUT2D eigenvalue weighted by Gasteiger charge is 2.19. The van der Waals surface area contributed by atoms with E-state index in [-0.39, 0.29) is 5.41 Å². The number of para-hydroxylation sites is 1. The molecule has 0 saturated heterocycles. The Labute approximate surface area is 133 Å². The first-order valence-electron chi connectivity index (χ1n) is 6.72. The summed E-state index contributed by atoms with van der Waals surface area (Å²) < 4.78 is 0. The van der Waals surface area contributed by atoms with Crippen LogP contribution >= 0.6 is 23.4 Å². The van der Waals surface area contributed by atoms with E-state index in [2.05, 4.69) is 53.9 Å². The maximum atomic E-state index is 6.13. The van der Waals surface area contributed by atoms with Crippen LogP contribution in [0, 0.1) is 0 Å². The fraction of sp³-hybridized carbons (Fsp3) is 0.250. The zero-order chi connectivity index (χ0) is 15.0. The molecule has 108 valence electrons. The van der Waals surface area contributed by atoms with Gasteiger partial charge >= 0.3 is 0 Å². The molecule has 3 nitrogen and oxygen atoms in total. The number of hydrogen-bond acceptors (Lipinski definition) is 3. The van der Waals surface area contributed by atoms with Crippen molar-refractivity contribution in [2.24, 2.45) is 0 Å². The molecule has 21 heavy (non-hydrogen) atoms. The molecule has 5 heteroatoms. The van der Waals surface area contributed by atoms with Gasteiger partial charge in [0.25, 0.3) is 0 Å². The highest BCUT2D eigenvalue weighted by molar-refractivity contribution is 7.99. The van der Waals surface area contributed by atoms with Gasteiger partial charge in [-0.25, -0.2) is 9.97 Å². The second-order valence-electron chi connectivity index (χ2n) is 5.93. The van der Waals surface area contributed by atoms with Gasteiger partial charge in [-0.3, -0.25) is 0 Å². The Balaban J connectivity index is 1.95. The summed E-state index contributed by atoms with van der Waals surface area (Å²) in [6, 6.07) is 12.1. The molecule has 0 bridgehead atoms. The van der Waals surface area contributed by atoms with Crippen molar-refractivity contribution in [1.29, 1.82) is 0 Å². The van der Waals surface area contributed by atoms with Crippen molar-refractivity contribution in [3.63, 3.8) is 0 Å². The van der Waals surface area contributed by atoms with Crippen LogP contribution in [0.4, 0.5) is 0 Å². The van der Waals surface area contributed by atoms with Gasteiger partial charge in [-0.05, 0) is 12.1 Å². The Morgan fingerprint density at radius 3 is 2.57 bits per heavy atom. The van der Waals surface area contributed by atoms with E-state index in [1.807, 2.05) is 12.1 Å². The van der Waals surface area contributed by atoms with Crippen LogP contribution in [0.2, 0.25) is 5.15 Å². The summed E-state index contributed by atoms with van der Waals surface area (Å²) in [5.41, 5.74) is 0.997. The summed E-state index contributed by atoms with van der Waals surface area (Å²) in [4.78, 5) is 12.3. The van der Waals surface area contributed by atoms with E-state index >= 15 is 0 Å². The molecule has 3 aromatic rings. The molecule has 1 N–H and O–H groups in total. The standard InChI is InChI=1S/C16H16ClN3S/c1-16(2,3)15-19-12(17)9-14(20-15)21-13-8-10-6-4-5-7-11(10)18-13/h4-9,18H,1-3H3. The first-order chi connectivity index (χ1) is 9.91. The number of rotatable bonds is 2. The predicted octanol–water partition coefficient (Wildman–Crippen LogP) is 5.06. The lowest BCUT2D eigenvalue weighted by molar-refractivity contribution is 0.538. The molecule has 1 aromatic carbocycles. The molecule has 0 saturated carbocycles. The maximum Gasteiger partial charge on any atom is 0.136 e. The number of H-pyrrole nitrogens is 1. The van der Waals surface area contributed by atoms with Gasteiger partial charge in [0.1, 0.15) is 16.0 Å². The smallest absolute Gasteiger partial charge is 0.136 e. The van der Waals surface area contributed by atoms with Crippen LogP contribution in [0.3, 0.4) is 0 Å². The quantitative estimate of drug-likeness (QED) is 0.672. The minimum atomic E-state index is -0.124. The van der Waals surface area contributed by atoms with E-state index in [1.54, 1.807) is 17.8 Å². The van der Waals surface area contributed by atoms with E-state index in [1.165, 1.54) is 5.39 Å². The van der Waals surface area contributed by atoms with Crippen LogP contribution in [0.5, 0.6) is 0 Å². The first kappa shape index (κ1) is 14.4. The average Bonchev–Trinajstić information content (AvgIpc) is 2.79. The van der Waals surface area contributed by atoms with Gasteiger partial charge in [0.05, 0.1) is 5.03 Å². The Morgan fingerprint density at radius 2 is 1.86 bits per heavy atom. The Morgan fingerprint density at radius 1 is 1.10 bits per heavy atom. The number of nitrogens with zero attached hydrogens (tertiary/aromatic N) is 2. The van der Waals surface area contributed by atoms with Gasteiger partial charge < -0.3 is 4.98 Å². The molecular weight excluding hydrogens is 302 g/mol. The number of nitrogens with one attached hydrogen (secondary N) is 1. The number of halogens is 1. The lowest BCUT2D eigenvalue weighted by Gasteiger charge is -2.17. The summed E-state index contributed by atoms with van der Waals surface area (Å²) in [5.74, 6) is 0.758. The molecule has 2 aromatic heterocycles. The van der Waals surface area contributed by atoms with E-state index in [0.717, 1.165) is 21.4 Å². The minimum Gasteiger partial charge on any atom is -0.349 e. The highest BCUT2D eigenvalue weighted by atomic mass is 35.5. The van der Waals surface area contributed by atoms with Crippen LogP contribution in [-0.4, -0.2) is 15.0 Å². The largest absolute Gasteiger partial charge is 0.349 e. The van der Waals surface area contributed by atoms with E-state index in [4.69, 9.17) is 11.6 Å². The Kier molecular flexibility index (Phi) is 3.68. The molecular formula is C16H16ClN3S. The van der Waals surface area contributed by atoms with Gasteiger partial charge in [-0.1, -0.05) is 62.3 Å². The fourth-order valence-electron chi connectivity index (χ4n) is 2.00. The summed E-state index contributed by atoms with van der Waals surface area (Å²) in [5, 5.41) is 3.57. The molecule has 0 amide bonds. The molecule has 0 aliphatic heterocycles. The first-order valence-corrected chi connectivity index (χ1v) is 7.92. The van der Waals surface area contributed by atoms with Crippen molar-refractivity contribution >= 4 is 34.3 Å². The molecule has 0 aliphatic rings. The molecule has 0 fully saturated rings. The van der Waals surface area contributed by atoms with Crippen molar-refractivity contribution < 1.29 is 0 Å². The summed E-state index contributed by atoms with van der Waals surface area (Å²) in [7, 11) is 0. The van der Waals surface area contributed by atoms with Crippen molar-refractivity contribution in [2.75, 3.05) is 0 Å². The molecule has 2 heterocycles. The number of aromatic nitrogens is 3. The molecule has 3 rings (SSSR count). The third-order valence-electron chi connectivity index (χ3n) is 3.06. The van der Waals surface area contributed by atoms with E-state index < -0.39 is 0 Å². The number of hydrogen-bond donors (Lipinski definition) is 1. The summed E-state index contributed by atoms with van der Waals surface area (Å²) >= 11 is 7.69. The van der Waals surface area contributed by atoms with Crippen LogP contribution in [-0.2, 0) is 5.41 Å². The van der Waals surface area contributed by atoms with Crippen LogP contribution < -0.4 is 0 Å². The maximum absolute atomic E-state index is 6.13. The van der Waals surface area contributed by atoms with Crippen LogP contribution in [0.25, 0.3) is 10.9 Å². The topological polar surface area (TPSA) is 41.6 Å². The third kappa shape index (κ3) is 3.22. The minimum absolute atomic E-state index is 0.124. The Bertz CT molecular complexity index is 757. The van der Waals surface area contributed by atoms with Crippen molar-refractivity contribution in [3.05, 3.63) is 47.4 Å². The summed E-state index contributed by atoms with van der Waals surface area (Å²) in [6.45, 7) is 6.24. The van der Waals surface area contributed by atoms with E-state index in [9.17, 15) is 0 Å². The highest BCUT2D eigenvalue weighted by Crippen LogP contribution is 2.31. The van der Waals surface area contributed by atoms with Crippen molar-refractivity contribution in [1.82, 2.24) is 15.0 Å². The fourth-order valence-corrected chi connectivity index (χ4v) is 3.12. The monoisotopic (exact) mass is 317 g/mol. The molecule has 0 aliphatic carbocycles. The normalized spacial score (nSPS) is 12.0. The molecule has 0 radical (unpaired) electrons. The van der Waals surface area contributed by atoms with Crippen molar-refractivity contribution in [3.8, 4) is 0 Å². The molecule has 0 atom stereocenters. The Hall–Kier alpha value is -1.52. The van der Waals surface area contributed by atoms with Crippen LogP contribution in [0.15, 0.2) is 46.5 Å². The van der Waals surface area contributed by atoms with Gasteiger partial charge in [-0.15, -0.1) is 0 Å². The zero-order valence-corrected chi connectivity index (χ0v) is 13.7. The van der Waals surface area contributed by atoms with Crippen molar-refractivity contribution in [2.45, 2.75) is 36.2 Å². The molecule has 0 spiro atoms. The SMILES string of the molecule is CC(C)(C)c1nc(Cl)cc(Sc2cc3ccccc3[nH]2)n1. The predicted molar refractivity (Wildman–Crippen MR) is 88.2 cm³/mol. The number of benzene rings is 1. The van der Waals surface area contributed by atoms with Gasteiger partial charge in [0, 0.05) is 22.4 Å². The molecule has 0 unspecified atom stereocenters. The summed E-state index contributed by atoms with van der Waals surface area (Å²) in [6.07, 6.45) is 0. The number of aromatic amines is 1. The number of fused-ring (bicyclic) bond motifs is 1. The lowest BCUT2D eigenvalue weighted by Crippen LogP contribution is -2.16. The van der Waals surface area contributed by atoms with Gasteiger partial charge in [-0.2, -0.15) is 0 Å². The van der Waals surface area contributed by atoms with E-state index in [0.29, 0.717) is 5.15 Å². The third-order valence-corrected chi connectivity index (χ3v) is 4.11. The zero-order valence-electron chi connectivity index (χ0n) is 12.1. The second-order valence-corrected chi connectivity index (χ2v) is 7.37. The van der Waals surface area contributed by atoms with Gasteiger partial charge in [0.15, 0.2) is 0 Å². The second kappa shape index (κ2) is 5.35. The average molecular weight is 318 g/mol. The van der Waals surface area contributed by atoms with Gasteiger partial charge in [0.2, 0.25) is 0 Å². The lowest BCUT2D eigenvalue weighted by atomic mass is 9.96. The van der Waals surface area contributed by atoms with Crippen LogP contribution in [0.1, 0.15) is 26.6 Å².